The van der Waals surface area contributed by atoms with E-state index in [2.05, 4.69) is 78.6 Å². The molecule has 0 bridgehead atoms. The first kappa shape index (κ1) is 14.7. The van der Waals surface area contributed by atoms with Gasteiger partial charge in [-0.15, -0.1) is 0 Å². The van der Waals surface area contributed by atoms with E-state index < -0.39 is 0 Å². The predicted molar refractivity (Wildman–Crippen MR) is 101 cm³/mol. The van der Waals surface area contributed by atoms with Gasteiger partial charge < -0.3 is 4.90 Å². The highest BCUT2D eigenvalue weighted by Crippen LogP contribution is 2.40. The van der Waals surface area contributed by atoms with Crippen molar-refractivity contribution in [3.63, 3.8) is 0 Å². The summed E-state index contributed by atoms with van der Waals surface area (Å²) in [6.07, 6.45) is 0.965. The molecule has 3 aromatic carbocycles. The van der Waals surface area contributed by atoms with Crippen molar-refractivity contribution in [3.05, 3.63) is 96.1 Å². The maximum Gasteiger partial charge on any atom is 0.112 e. The number of para-hydroxylation sites is 1. The topological polar surface area (TPSA) is 15.6 Å². The second kappa shape index (κ2) is 6.32. The zero-order valence-electron chi connectivity index (χ0n) is 13.8. The predicted octanol–water partition coefficient (Wildman–Crippen LogP) is 5.68. The second-order valence-corrected chi connectivity index (χ2v) is 6.20. The maximum absolute atomic E-state index is 4.87. The van der Waals surface area contributed by atoms with E-state index >= 15 is 0 Å². The number of nitrogens with zero attached hydrogens (tertiary/aromatic N) is 2. The lowest BCUT2D eigenvalue weighted by Gasteiger charge is -2.44. The molecule has 0 saturated carbocycles. The number of hydrogen-bond donors (Lipinski definition) is 0. The molecule has 0 amide bonds. The minimum absolute atomic E-state index is 0.357. The lowest BCUT2D eigenvalue weighted by atomic mass is 9.92. The maximum atomic E-state index is 4.87. The van der Waals surface area contributed by atoms with Gasteiger partial charge in [-0.2, -0.15) is 0 Å². The van der Waals surface area contributed by atoms with E-state index in [9.17, 15) is 0 Å². The molecule has 1 heterocycles. The monoisotopic (exact) mass is 312 g/mol. The summed E-state index contributed by atoms with van der Waals surface area (Å²) in [5.41, 5.74) is 4.83. The van der Waals surface area contributed by atoms with Crippen molar-refractivity contribution in [1.29, 1.82) is 0 Å². The summed E-state index contributed by atoms with van der Waals surface area (Å²) in [4.78, 5) is 7.23. The molecule has 0 aromatic heterocycles. The number of rotatable bonds is 3. The molecule has 1 aliphatic rings. The SMILES string of the molecule is Cc1cccc(N2C(=Nc3ccccc3)CC2c2ccccc2)c1. The Morgan fingerprint density at radius 1 is 0.833 bits per heavy atom. The number of aryl methyl sites for hydroxylation is 1. The molecule has 2 heteroatoms. The molecule has 0 radical (unpaired) electrons. The van der Waals surface area contributed by atoms with Gasteiger partial charge in [0.05, 0.1) is 11.7 Å². The minimum atomic E-state index is 0.357. The van der Waals surface area contributed by atoms with Crippen LogP contribution in [0.5, 0.6) is 0 Å². The smallest absolute Gasteiger partial charge is 0.112 e. The Bertz CT molecular complexity index is 853. The summed E-state index contributed by atoms with van der Waals surface area (Å²) in [5, 5.41) is 0. The Morgan fingerprint density at radius 2 is 1.54 bits per heavy atom. The molecule has 1 saturated heterocycles. The van der Waals surface area contributed by atoms with Crippen LogP contribution in [0.4, 0.5) is 11.4 Å². The summed E-state index contributed by atoms with van der Waals surface area (Å²) < 4.78 is 0. The van der Waals surface area contributed by atoms with Gasteiger partial charge in [0.1, 0.15) is 5.84 Å². The lowest BCUT2D eigenvalue weighted by Crippen LogP contribution is -2.46. The Kier molecular flexibility index (Phi) is 3.87. The van der Waals surface area contributed by atoms with Crippen molar-refractivity contribution >= 4 is 17.2 Å². The third kappa shape index (κ3) is 2.83. The first-order chi connectivity index (χ1) is 11.8. The van der Waals surface area contributed by atoms with Crippen molar-refractivity contribution in [2.45, 2.75) is 19.4 Å². The van der Waals surface area contributed by atoms with Gasteiger partial charge in [-0.25, -0.2) is 4.99 Å². The fourth-order valence-electron chi connectivity index (χ4n) is 3.23. The zero-order chi connectivity index (χ0) is 16.4. The highest BCUT2D eigenvalue weighted by molar-refractivity contribution is 6.06. The van der Waals surface area contributed by atoms with E-state index in [1.165, 1.54) is 16.8 Å². The molecule has 118 valence electrons. The fourth-order valence-corrected chi connectivity index (χ4v) is 3.23. The van der Waals surface area contributed by atoms with Crippen LogP contribution in [0.1, 0.15) is 23.6 Å². The van der Waals surface area contributed by atoms with E-state index in [1.54, 1.807) is 0 Å². The van der Waals surface area contributed by atoms with Gasteiger partial charge in [0.15, 0.2) is 0 Å². The van der Waals surface area contributed by atoms with Crippen LogP contribution in [0.25, 0.3) is 0 Å². The third-order valence-electron chi connectivity index (χ3n) is 4.44. The van der Waals surface area contributed by atoms with Crippen LogP contribution in [0.2, 0.25) is 0 Å². The number of benzene rings is 3. The molecule has 4 rings (SSSR count). The van der Waals surface area contributed by atoms with E-state index in [0.29, 0.717) is 6.04 Å². The normalized spacial score (nSPS) is 18.5. The quantitative estimate of drug-likeness (QED) is 0.608. The van der Waals surface area contributed by atoms with Gasteiger partial charge in [0.2, 0.25) is 0 Å². The van der Waals surface area contributed by atoms with Gasteiger partial charge in [-0.05, 0) is 42.3 Å². The van der Waals surface area contributed by atoms with Gasteiger partial charge in [0.25, 0.3) is 0 Å². The van der Waals surface area contributed by atoms with Crippen LogP contribution in [-0.2, 0) is 0 Å². The molecular formula is C22H20N2. The number of hydrogen-bond acceptors (Lipinski definition) is 1. The Morgan fingerprint density at radius 3 is 2.25 bits per heavy atom. The molecule has 0 aliphatic carbocycles. The molecule has 0 spiro atoms. The Labute approximate surface area is 143 Å². The van der Waals surface area contributed by atoms with E-state index in [4.69, 9.17) is 4.99 Å². The van der Waals surface area contributed by atoms with E-state index in [1.807, 2.05) is 18.2 Å². The standard InChI is InChI=1S/C22H20N2/c1-17-9-8-14-20(15-17)24-21(18-10-4-2-5-11-18)16-22(24)23-19-12-6-3-7-13-19/h2-15,21H,16H2,1H3. The second-order valence-electron chi connectivity index (χ2n) is 6.20. The summed E-state index contributed by atoms with van der Waals surface area (Å²) >= 11 is 0. The number of anilines is 1. The molecule has 24 heavy (non-hydrogen) atoms. The number of amidine groups is 1. The molecule has 2 nitrogen and oxygen atoms in total. The van der Waals surface area contributed by atoms with Crippen LogP contribution >= 0.6 is 0 Å². The van der Waals surface area contributed by atoms with Crippen LogP contribution in [0.15, 0.2) is 89.9 Å². The Hall–Kier alpha value is -2.87. The number of aliphatic imine (C=N–C) groups is 1. The van der Waals surface area contributed by atoms with Crippen LogP contribution in [-0.4, -0.2) is 5.84 Å². The van der Waals surface area contributed by atoms with Gasteiger partial charge in [-0.1, -0.05) is 60.7 Å². The van der Waals surface area contributed by atoms with Crippen LogP contribution < -0.4 is 4.90 Å². The zero-order valence-corrected chi connectivity index (χ0v) is 13.8. The molecule has 1 unspecified atom stereocenters. The average Bonchev–Trinajstić information content (AvgIpc) is 2.60. The van der Waals surface area contributed by atoms with Gasteiger partial charge in [0, 0.05) is 12.1 Å². The first-order valence-electron chi connectivity index (χ1n) is 8.35. The van der Waals surface area contributed by atoms with Crippen molar-refractivity contribution in [1.82, 2.24) is 0 Å². The minimum Gasteiger partial charge on any atom is -0.322 e. The highest BCUT2D eigenvalue weighted by atomic mass is 15.3. The molecular weight excluding hydrogens is 292 g/mol. The van der Waals surface area contributed by atoms with Crippen LogP contribution in [0, 0.1) is 6.92 Å². The van der Waals surface area contributed by atoms with Gasteiger partial charge in [-0.3, -0.25) is 0 Å². The van der Waals surface area contributed by atoms with Crippen molar-refractivity contribution in [2.24, 2.45) is 4.99 Å². The highest BCUT2D eigenvalue weighted by Gasteiger charge is 2.36. The Balaban J connectivity index is 1.72. The average molecular weight is 312 g/mol. The van der Waals surface area contributed by atoms with E-state index in [0.717, 1.165) is 17.9 Å². The third-order valence-corrected chi connectivity index (χ3v) is 4.44. The van der Waals surface area contributed by atoms with Crippen molar-refractivity contribution in [2.75, 3.05) is 4.90 Å². The van der Waals surface area contributed by atoms with Crippen molar-refractivity contribution in [3.8, 4) is 0 Å². The first-order valence-corrected chi connectivity index (χ1v) is 8.35. The van der Waals surface area contributed by atoms with Gasteiger partial charge >= 0.3 is 0 Å². The largest absolute Gasteiger partial charge is 0.322 e. The summed E-state index contributed by atoms with van der Waals surface area (Å²) in [5.74, 6) is 1.13. The molecule has 3 aromatic rings. The molecule has 0 N–H and O–H groups in total. The molecule has 1 fully saturated rings. The molecule has 1 aliphatic heterocycles. The van der Waals surface area contributed by atoms with E-state index in [-0.39, 0.29) is 0 Å². The summed E-state index contributed by atoms with van der Waals surface area (Å²) in [7, 11) is 0. The summed E-state index contributed by atoms with van der Waals surface area (Å²) in [6, 6.07) is 29.9. The lowest BCUT2D eigenvalue weighted by molar-refractivity contribution is 0.652. The van der Waals surface area contributed by atoms with Crippen molar-refractivity contribution < 1.29 is 0 Å². The van der Waals surface area contributed by atoms with Crippen LogP contribution in [0.3, 0.4) is 0 Å². The fraction of sp³-hybridized carbons (Fsp3) is 0.136. The summed E-state index contributed by atoms with van der Waals surface area (Å²) in [6.45, 7) is 2.13. The molecule has 1 atom stereocenters.